The second kappa shape index (κ2) is 10.0. The summed E-state index contributed by atoms with van der Waals surface area (Å²) in [7, 11) is 1.59. The highest BCUT2D eigenvalue weighted by atomic mass is 32.1. The van der Waals surface area contributed by atoms with Crippen LogP contribution in [0.3, 0.4) is 0 Å². The second-order valence-corrected chi connectivity index (χ2v) is 10.0. The molecule has 2 aromatic heterocycles. The van der Waals surface area contributed by atoms with Crippen molar-refractivity contribution in [3.63, 3.8) is 0 Å². The maximum atomic E-state index is 15.5. The minimum atomic E-state index is -3.45. The summed E-state index contributed by atoms with van der Waals surface area (Å²) in [6, 6.07) is 11.0. The van der Waals surface area contributed by atoms with Crippen LogP contribution < -0.4 is 10.1 Å². The molecule has 0 saturated heterocycles. The lowest BCUT2D eigenvalue weighted by atomic mass is 9.93. The molecule has 0 bridgehead atoms. The summed E-state index contributed by atoms with van der Waals surface area (Å²) in [5, 5.41) is 13.7. The number of nitrogens with zero attached hydrogens (tertiary/aromatic N) is 3. The molecular weight excluding hydrogens is 489 g/mol. The monoisotopic (exact) mass is 514 g/mol. The molecule has 2 aromatic carbocycles. The quantitative estimate of drug-likeness (QED) is 0.330. The van der Waals surface area contributed by atoms with Crippen molar-refractivity contribution in [2.75, 3.05) is 12.4 Å². The molecule has 1 aliphatic rings. The molecule has 2 N–H and O–H groups in total. The van der Waals surface area contributed by atoms with E-state index in [0.717, 1.165) is 39.5 Å². The first-order valence-corrected chi connectivity index (χ1v) is 12.5. The number of benzene rings is 2. The number of aliphatic hydroxyl groups is 1. The third-order valence-corrected chi connectivity index (χ3v) is 7.33. The summed E-state index contributed by atoms with van der Waals surface area (Å²) in [6.45, 7) is 0. The van der Waals surface area contributed by atoms with Crippen LogP contribution >= 0.6 is 11.3 Å². The van der Waals surface area contributed by atoms with Gasteiger partial charge in [-0.25, -0.2) is 19.3 Å². The van der Waals surface area contributed by atoms with E-state index in [1.165, 1.54) is 17.4 Å². The highest BCUT2D eigenvalue weighted by molar-refractivity contribution is 7.18. The van der Waals surface area contributed by atoms with Crippen LogP contribution in [0.25, 0.3) is 10.2 Å². The first kappa shape index (κ1) is 24.5. The molecule has 1 aliphatic carbocycles. The molecule has 1 saturated carbocycles. The minimum Gasteiger partial charge on any atom is -0.497 e. The maximum Gasteiger partial charge on any atom is 0.315 e. The van der Waals surface area contributed by atoms with Gasteiger partial charge in [-0.1, -0.05) is 0 Å². The fourth-order valence-corrected chi connectivity index (χ4v) is 5.34. The van der Waals surface area contributed by atoms with Crippen molar-refractivity contribution >= 4 is 27.5 Å². The van der Waals surface area contributed by atoms with Crippen molar-refractivity contribution in [1.29, 1.82) is 0 Å². The Morgan fingerprint density at radius 3 is 2.50 bits per heavy atom. The zero-order chi connectivity index (χ0) is 25.3. The summed E-state index contributed by atoms with van der Waals surface area (Å²) in [5.41, 5.74) is 0.361. The molecule has 5 rings (SSSR count). The Balaban J connectivity index is 1.49. The third-order valence-electron chi connectivity index (χ3n) is 6.31. The topological polar surface area (TPSA) is 80.2 Å². The van der Waals surface area contributed by atoms with Gasteiger partial charge in [0.25, 0.3) is 0 Å². The molecule has 0 amide bonds. The van der Waals surface area contributed by atoms with Crippen LogP contribution in [0.1, 0.15) is 47.6 Å². The highest BCUT2D eigenvalue weighted by Crippen LogP contribution is 2.36. The Kier molecular flexibility index (Phi) is 6.81. The van der Waals surface area contributed by atoms with Crippen LogP contribution in [0.4, 0.5) is 19.1 Å². The average Bonchev–Trinajstić information content (AvgIpc) is 3.27. The highest BCUT2D eigenvalue weighted by Gasteiger charge is 2.37. The number of hydrogen-bond donors (Lipinski definition) is 2. The van der Waals surface area contributed by atoms with Crippen LogP contribution in [0, 0.1) is 5.82 Å². The van der Waals surface area contributed by atoms with Crippen LogP contribution in [0.2, 0.25) is 0 Å². The maximum absolute atomic E-state index is 15.5. The largest absolute Gasteiger partial charge is 0.497 e. The van der Waals surface area contributed by atoms with E-state index >= 15 is 8.78 Å². The number of nitrogens with one attached hydrogen (secondary N) is 1. The van der Waals surface area contributed by atoms with Crippen LogP contribution in [-0.2, 0) is 12.3 Å². The van der Waals surface area contributed by atoms with Crippen LogP contribution in [-0.4, -0.2) is 39.3 Å². The third kappa shape index (κ3) is 5.29. The predicted octanol–water partition coefficient (Wildman–Crippen LogP) is 5.68. The van der Waals surface area contributed by atoms with Gasteiger partial charge < -0.3 is 15.2 Å². The van der Waals surface area contributed by atoms with Crippen LogP contribution in [0.15, 0.2) is 48.5 Å². The van der Waals surface area contributed by atoms with Gasteiger partial charge in [0, 0.05) is 18.0 Å². The Labute approximate surface area is 210 Å². The van der Waals surface area contributed by atoms with Crippen molar-refractivity contribution in [2.45, 2.75) is 50.2 Å². The summed E-state index contributed by atoms with van der Waals surface area (Å²) < 4.78 is 50.6. The summed E-state index contributed by atoms with van der Waals surface area (Å²) in [6.07, 6.45) is 2.55. The summed E-state index contributed by atoms with van der Waals surface area (Å²) in [4.78, 5) is 13.3. The standard InChI is InChI=1S/C26H25F3N4O2S/c1-35-20-10-11-21-22(14-20)36-24(32-21)13-18-12-23(26(28,29)15-2-4-16(27)5-3-15)33-25(31-18)30-17-6-8-19(34)9-7-17/h2-5,10-12,14,17,19,34H,6-9,13H2,1H3,(H,30,31,33). The van der Waals surface area contributed by atoms with Crippen molar-refractivity contribution in [3.8, 4) is 5.75 Å². The van der Waals surface area contributed by atoms with E-state index in [1.807, 2.05) is 18.2 Å². The Hall–Kier alpha value is -3.24. The van der Waals surface area contributed by atoms with E-state index in [0.29, 0.717) is 37.1 Å². The van der Waals surface area contributed by atoms with E-state index in [1.54, 1.807) is 7.11 Å². The van der Waals surface area contributed by atoms with E-state index in [9.17, 15) is 9.50 Å². The molecule has 0 radical (unpaired) electrons. The first-order valence-electron chi connectivity index (χ1n) is 11.7. The number of anilines is 1. The van der Waals surface area contributed by atoms with Crippen molar-refractivity contribution in [1.82, 2.24) is 15.0 Å². The molecule has 6 nitrogen and oxygen atoms in total. The number of hydrogen-bond acceptors (Lipinski definition) is 7. The van der Waals surface area contributed by atoms with Gasteiger partial charge in [0.1, 0.15) is 17.3 Å². The number of aromatic nitrogens is 3. The predicted molar refractivity (Wildman–Crippen MR) is 132 cm³/mol. The molecule has 10 heteroatoms. The molecule has 188 valence electrons. The minimum absolute atomic E-state index is 0.0224. The Morgan fingerprint density at radius 2 is 1.78 bits per heavy atom. The molecule has 0 spiro atoms. The summed E-state index contributed by atoms with van der Waals surface area (Å²) in [5.74, 6) is -3.23. The molecular formula is C26H25F3N4O2S. The van der Waals surface area contributed by atoms with Crippen molar-refractivity contribution in [2.24, 2.45) is 0 Å². The van der Waals surface area contributed by atoms with Gasteiger partial charge in [-0.15, -0.1) is 11.3 Å². The van der Waals surface area contributed by atoms with Gasteiger partial charge in [-0.05, 0) is 74.2 Å². The van der Waals surface area contributed by atoms with Gasteiger partial charge >= 0.3 is 5.92 Å². The van der Waals surface area contributed by atoms with Gasteiger partial charge in [0.05, 0.1) is 34.1 Å². The number of aliphatic hydroxyl groups excluding tert-OH is 1. The molecule has 0 unspecified atom stereocenters. The zero-order valence-corrected chi connectivity index (χ0v) is 20.4. The second-order valence-electron chi connectivity index (χ2n) is 8.92. The van der Waals surface area contributed by atoms with Crippen molar-refractivity contribution < 1.29 is 23.0 Å². The fraction of sp³-hybridized carbons (Fsp3) is 0.346. The van der Waals surface area contributed by atoms with E-state index in [4.69, 9.17) is 4.74 Å². The molecule has 1 fully saturated rings. The molecule has 36 heavy (non-hydrogen) atoms. The number of methoxy groups -OCH3 is 1. The number of fused-ring (bicyclic) bond motifs is 1. The molecule has 0 aliphatic heterocycles. The first-order chi connectivity index (χ1) is 17.3. The number of halogens is 3. The van der Waals surface area contributed by atoms with Gasteiger partial charge in [0.2, 0.25) is 5.95 Å². The van der Waals surface area contributed by atoms with E-state index in [2.05, 4.69) is 20.3 Å². The molecule has 2 heterocycles. The number of alkyl halides is 2. The van der Waals surface area contributed by atoms with E-state index in [-0.39, 0.29) is 30.1 Å². The zero-order valence-electron chi connectivity index (χ0n) is 19.5. The number of rotatable bonds is 7. The number of thiazole rings is 1. The Morgan fingerprint density at radius 1 is 1.03 bits per heavy atom. The SMILES string of the molecule is COc1ccc2nc(Cc3cc(C(F)(F)c4ccc(F)cc4)nc(NC4CCC(O)CC4)n3)sc2c1. The van der Waals surface area contributed by atoms with Gasteiger partial charge in [-0.2, -0.15) is 8.78 Å². The average molecular weight is 515 g/mol. The Bertz CT molecular complexity index is 1360. The molecule has 4 aromatic rings. The lowest BCUT2D eigenvalue weighted by Gasteiger charge is -2.26. The van der Waals surface area contributed by atoms with Gasteiger partial charge in [0.15, 0.2) is 0 Å². The van der Waals surface area contributed by atoms with E-state index < -0.39 is 17.4 Å². The fourth-order valence-electron chi connectivity index (χ4n) is 4.33. The van der Waals surface area contributed by atoms with Crippen LogP contribution in [0.5, 0.6) is 5.75 Å². The van der Waals surface area contributed by atoms with Crippen molar-refractivity contribution in [3.05, 3.63) is 76.3 Å². The molecule has 0 atom stereocenters. The summed E-state index contributed by atoms with van der Waals surface area (Å²) >= 11 is 1.45. The smallest absolute Gasteiger partial charge is 0.315 e. The lowest BCUT2D eigenvalue weighted by Crippen LogP contribution is -2.29. The lowest BCUT2D eigenvalue weighted by molar-refractivity contribution is 0.0378. The normalized spacial score (nSPS) is 18.4. The van der Waals surface area contributed by atoms with Gasteiger partial charge in [-0.3, -0.25) is 0 Å². The number of ether oxygens (including phenoxy) is 1.